The fourth-order valence-electron chi connectivity index (χ4n) is 9.38. The number of nitrogens with two attached hydrogens (primary N) is 1. The Bertz CT molecular complexity index is 3650. The molecule has 0 aliphatic heterocycles. The third-order valence-electron chi connectivity index (χ3n) is 12.0. The lowest BCUT2D eigenvalue weighted by Gasteiger charge is -2.17. The number of para-hydroxylation sites is 2. The lowest BCUT2D eigenvalue weighted by molar-refractivity contribution is 0.669. The molecule has 0 spiro atoms. The summed E-state index contributed by atoms with van der Waals surface area (Å²) in [5.41, 5.74) is 16.0. The average Bonchev–Trinajstić information content (AvgIpc) is 3.82. The number of aromatic nitrogens is 1. The third-order valence-corrected chi connectivity index (χ3v) is 12.0. The normalized spacial score (nSPS) is 15.5. The van der Waals surface area contributed by atoms with Crippen LogP contribution in [0.15, 0.2) is 203 Å². The minimum Gasteiger partial charge on any atom is -0.456 e. The van der Waals surface area contributed by atoms with Gasteiger partial charge in [-0.3, -0.25) is 4.57 Å². The van der Waals surface area contributed by atoms with Crippen LogP contribution in [0.4, 0.5) is 0 Å². The summed E-state index contributed by atoms with van der Waals surface area (Å²) in [6.07, 6.45) is 10.2. The van der Waals surface area contributed by atoms with E-state index in [1.165, 1.54) is 54.0 Å². The second kappa shape index (κ2) is 12.8. The predicted molar refractivity (Wildman–Crippen MR) is 246 cm³/mol. The van der Waals surface area contributed by atoms with Crippen LogP contribution in [0.2, 0.25) is 0 Å². The first-order valence-electron chi connectivity index (χ1n) is 19.8. The molecular formula is C54H35N3O. The van der Waals surface area contributed by atoms with Gasteiger partial charge in [0.25, 0.3) is 0 Å². The summed E-state index contributed by atoms with van der Waals surface area (Å²) in [6.45, 7) is 0. The number of hydrogen-bond acceptors (Lipinski definition) is 3. The van der Waals surface area contributed by atoms with E-state index in [1.54, 1.807) is 0 Å². The summed E-state index contributed by atoms with van der Waals surface area (Å²) < 4.78 is 8.53. The quantitative estimate of drug-likeness (QED) is 0.111. The van der Waals surface area contributed by atoms with Crippen molar-refractivity contribution in [2.45, 2.75) is 6.04 Å². The van der Waals surface area contributed by atoms with Gasteiger partial charge >= 0.3 is 0 Å². The molecule has 1 aliphatic rings. The van der Waals surface area contributed by atoms with Crippen molar-refractivity contribution in [1.29, 1.82) is 0 Å². The molecular weight excluding hydrogens is 707 g/mol. The molecule has 0 saturated carbocycles. The van der Waals surface area contributed by atoms with E-state index in [0.717, 1.165) is 60.8 Å². The molecule has 1 aliphatic carbocycles. The predicted octanol–water partition coefficient (Wildman–Crippen LogP) is 13.7. The largest absolute Gasteiger partial charge is 0.456 e. The number of nitrogens with zero attached hydrogens (tertiary/aromatic N) is 2. The van der Waals surface area contributed by atoms with Crippen LogP contribution in [0.25, 0.3) is 104 Å². The molecule has 2 aromatic heterocycles. The smallest absolute Gasteiger partial charge is 0.135 e. The standard InChI is InChI=1S/C54H35N3O/c55-47-22-10-7-20-42(47)53(36-26-25-33-13-1-2-14-34(33)29-36)56-32-57-48-23-11-8-21-43(48)52-51-40-18-5-3-15-37(40)44(31-46(51)38-16-4-6-19-41(38)54(52)57)35-27-28-50-45(30-35)39-17-9-12-24-49(39)58-50/h1-32,47H,55H2/b53-42-,56-32+. The molecule has 0 radical (unpaired) electrons. The molecule has 2 heterocycles. The van der Waals surface area contributed by atoms with Crippen molar-refractivity contribution in [1.82, 2.24) is 4.57 Å². The zero-order valence-electron chi connectivity index (χ0n) is 31.4. The van der Waals surface area contributed by atoms with Gasteiger partial charge in [0.05, 0.1) is 22.8 Å². The Hall–Kier alpha value is -7.53. The monoisotopic (exact) mass is 741 g/mol. The van der Waals surface area contributed by atoms with Crippen LogP contribution in [0.3, 0.4) is 0 Å². The zero-order chi connectivity index (χ0) is 38.3. The molecule has 1 atom stereocenters. The van der Waals surface area contributed by atoms with E-state index in [9.17, 15) is 0 Å². The topological polar surface area (TPSA) is 56.4 Å². The van der Waals surface area contributed by atoms with Crippen molar-refractivity contribution in [2.75, 3.05) is 0 Å². The number of aliphatic imine (C=N–C) groups is 1. The van der Waals surface area contributed by atoms with Crippen LogP contribution in [-0.4, -0.2) is 16.9 Å². The number of allylic oxidation sites excluding steroid dienone is 2. The summed E-state index contributed by atoms with van der Waals surface area (Å²) in [5.74, 6) is 0. The van der Waals surface area contributed by atoms with Gasteiger partial charge in [0.1, 0.15) is 17.5 Å². The van der Waals surface area contributed by atoms with Gasteiger partial charge in [-0.25, -0.2) is 4.99 Å². The van der Waals surface area contributed by atoms with Crippen molar-refractivity contribution in [3.8, 4) is 11.1 Å². The highest BCUT2D eigenvalue weighted by atomic mass is 16.3. The number of furan rings is 1. The Balaban J connectivity index is 1.16. The highest BCUT2D eigenvalue weighted by Crippen LogP contribution is 2.46. The maximum Gasteiger partial charge on any atom is 0.135 e. The molecule has 12 rings (SSSR count). The van der Waals surface area contributed by atoms with Gasteiger partial charge < -0.3 is 10.2 Å². The van der Waals surface area contributed by atoms with Crippen LogP contribution < -0.4 is 5.73 Å². The molecule has 0 fully saturated rings. The van der Waals surface area contributed by atoms with Crippen molar-refractivity contribution < 1.29 is 4.42 Å². The van der Waals surface area contributed by atoms with Crippen LogP contribution in [0.1, 0.15) is 5.56 Å². The highest BCUT2D eigenvalue weighted by Gasteiger charge is 2.22. The minimum absolute atomic E-state index is 0.278. The second-order valence-corrected chi connectivity index (χ2v) is 15.2. The van der Waals surface area contributed by atoms with Gasteiger partial charge in [0.15, 0.2) is 0 Å². The summed E-state index contributed by atoms with van der Waals surface area (Å²) in [6, 6.07) is 58.5. The van der Waals surface area contributed by atoms with E-state index in [1.807, 2.05) is 36.7 Å². The van der Waals surface area contributed by atoms with Gasteiger partial charge in [-0.2, -0.15) is 0 Å². The molecule has 0 amide bonds. The number of fused-ring (bicyclic) bond motifs is 14. The summed E-state index contributed by atoms with van der Waals surface area (Å²) in [7, 11) is 0. The van der Waals surface area contributed by atoms with E-state index in [4.69, 9.17) is 15.1 Å². The van der Waals surface area contributed by atoms with Crippen molar-refractivity contribution in [3.05, 3.63) is 199 Å². The second-order valence-electron chi connectivity index (χ2n) is 15.2. The Kier molecular flexibility index (Phi) is 7.19. The van der Waals surface area contributed by atoms with Crippen LogP contribution >= 0.6 is 0 Å². The minimum atomic E-state index is -0.278. The SMILES string of the molecule is NC1C=CC=C/C1=C(/N=C/n1c2ccccc2c2c3c4ccccc4c(-c4ccc5oc6ccccc6c5c4)cc3c3ccccc3c21)c1ccc2ccccc2c1. The van der Waals surface area contributed by atoms with Crippen molar-refractivity contribution in [2.24, 2.45) is 10.7 Å². The van der Waals surface area contributed by atoms with Gasteiger partial charge in [-0.05, 0) is 85.4 Å². The molecule has 58 heavy (non-hydrogen) atoms. The van der Waals surface area contributed by atoms with E-state index < -0.39 is 0 Å². The van der Waals surface area contributed by atoms with Gasteiger partial charge in [-0.1, -0.05) is 152 Å². The van der Waals surface area contributed by atoms with Gasteiger partial charge in [-0.15, -0.1) is 0 Å². The summed E-state index contributed by atoms with van der Waals surface area (Å²) in [4.78, 5) is 5.41. The van der Waals surface area contributed by atoms with E-state index in [2.05, 4.69) is 162 Å². The van der Waals surface area contributed by atoms with Crippen molar-refractivity contribution in [3.63, 3.8) is 0 Å². The maximum absolute atomic E-state index is 6.77. The van der Waals surface area contributed by atoms with Gasteiger partial charge in [0, 0.05) is 37.9 Å². The fourth-order valence-corrected chi connectivity index (χ4v) is 9.38. The lowest BCUT2D eigenvalue weighted by Crippen LogP contribution is -2.21. The Morgan fingerprint density at radius 2 is 1.26 bits per heavy atom. The summed E-state index contributed by atoms with van der Waals surface area (Å²) >= 11 is 0. The zero-order valence-corrected chi connectivity index (χ0v) is 31.4. The number of benzene rings is 9. The molecule has 0 saturated heterocycles. The number of rotatable bonds is 4. The number of hydrogen-bond donors (Lipinski definition) is 1. The van der Waals surface area contributed by atoms with Gasteiger partial charge in [0.2, 0.25) is 0 Å². The highest BCUT2D eigenvalue weighted by molar-refractivity contribution is 6.38. The molecule has 4 heteroatoms. The maximum atomic E-state index is 6.77. The molecule has 272 valence electrons. The van der Waals surface area contributed by atoms with Crippen LogP contribution in [0, 0.1) is 0 Å². The molecule has 1 unspecified atom stereocenters. The molecule has 11 aromatic rings. The summed E-state index contributed by atoms with van der Waals surface area (Å²) in [5, 5.41) is 14.2. The Morgan fingerprint density at radius 1 is 0.552 bits per heavy atom. The van der Waals surface area contributed by atoms with E-state index in [0.29, 0.717) is 0 Å². The first-order chi connectivity index (χ1) is 28.7. The molecule has 2 N–H and O–H groups in total. The molecule has 4 nitrogen and oxygen atoms in total. The average molecular weight is 742 g/mol. The van der Waals surface area contributed by atoms with E-state index >= 15 is 0 Å². The van der Waals surface area contributed by atoms with E-state index in [-0.39, 0.29) is 6.04 Å². The van der Waals surface area contributed by atoms with Crippen molar-refractivity contribution >= 4 is 98.9 Å². The molecule has 9 aromatic carbocycles. The lowest BCUT2D eigenvalue weighted by atomic mass is 9.88. The third kappa shape index (κ3) is 4.89. The first-order valence-corrected chi connectivity index (χ1v) is 19.8. The molecule has 0 bridgehead atoms. The van der Waals surface area contributed by atoms with Crippen LogP contribution in [0.5, 0.6) is 0 Å². The Morgan fingerprint density at radius 3 is 2.12 bits per heavy atom. The first kappa shape index (κ1) is 32.7. The Labute approximate surface area is 333 Å². The van der Waals surface area contributed by atoms with Crippen LogP contribution in [-0.2, 0) is 0 Å². The fraction of sp³-hybridized carbons (Fsp3) is 0.0185.